The van der Waals surface area contributed by atoms with Crippen molar-refractivity contribution >= 4 is 2840 Å². The summed E-state index contributed by atoms with van der Waals surface area (Å²) in [6, 6.07) is 0. The Balaban J connectivity index is -0.00000000120. The summed E-state index contributed by atoms with van der Waals surface area (Å²) < 4.78 is 253. The minimum atomic E-state index is -4.67. The molecule has 0 unspecified atom stereocenters. The number of hydrogen-bond acceptors (Lipinski definition) is 16. The summed E-state index contributed by atoms with van der Waals surface area (Å²) in [5, 5.41) is 0. The van der Waals surface area contributed by atoms with Gasteiger partial charge in [-0.3, -0.25) is 72.8 Å². The van der Waals surface area contributed by atoms with Crippen molar-refractivity contribution in [2.75, 3.05) is 0 Å². The molecule has 0 aliphatic rings. The Labute approximate surface area is 2860 Å². The fourth-order valence-corrected chi connectivity index (χ4v) is 0. The molecule has 0 rings (SSSR count). The van der Waals surface area contributed by atoms with E-state index >= 15 is 0 Å². The Morgan fingerprint density at radius 2 is 0.0619 bits per heavy atom. The summed E-state index contributed by atoms with van der Waals surface area (Å²) in [6.45, 7) is 0. The van der Waals surface area contributed by atoms with Gasteiger partial charge >= 0.3 is 2840 Å². The molecule has 0 bridgehead atoms. The summed E-state index contributed by atoms with van der Waals surface area (Å²) in [7, 11) is -37.3. The molecule has 0 saturated carbocycles. The van der Waals surface area contributed by atoms with Crippen LogP contribution in [0.5, 0.6) is 0 Å². The van der Waals surface area contributed by atoms with E-state index < -0.39 is 83.2 Å². The van der Waals surface area contributed by atoms with Gasteiger partial charge in [-0.25, -0.2) is 0 Å². The molecule has 0 saturated heterocycles. The van der Waals surface area contributed by atoms with Crippen molar-refractivity contribution in [3.63, 3.8) is 0 Å². The molecule has 0 aromatic carbocycles. The molecule has 0 spiro atoms. The van der Waals surface area contributed by atoms with Crippen LogP contribution >= 0.6 is 0 Å². The first kappa shape index (κ1) is 556. The van der Waals surface area contributed by atoms with Crippen molar-refractivity contribution in [3.05, 3.63) is 0 Å². The zero-order valence-electron chi connectivity index (χ0n) is 68.6. The van der Waals surface area contributed by atoms with Crippen molar-refractivity contribution < 1.29 is 140 Å². The zero-order valence-corrected chi connectivity index (χ0v) is 236. The van der Waals surface area contributed by atoms with E-state index in [0.717, 1.165) is 0 Å². The fraction of sp³-hybridized carbons (Fsp3) is 0. The molecule has 0 atom stereocenters. The van der Waals surface area contributed by atoms with Crippen molar-refractivity contribution in [1.29, 1.82) is 0 Å². The standard InChI is InChI=1S/73Ca.8H2O4S/c;;;;;;;;;;;;;;;;;;;;;;;;;;;;;;;;;;;;;;;;;;;;;;;;;;;;;;;;;;;;;;;;;;;;;;;;;8*1-5(2,3)4/h;;;;;;;;;;;;;;;;;;;;;;;;;;;;;;;;;;;;;;;;;;;;;;;;;;;;;;;;;;;;;;;;;;;;;;;;;8*(H2,1,2,3,4)/q73*+2;;;;;;;;. The first-order valence-electron chi connectivity index (χ1n) is 5.59. The van der Waals surface area contributed by atoms with Crippen LogP contribution in [0.4, 0.5) is 0 Å². The van der Waals surface area contributed by atoms with Crippen LogP contribution in [0.25, 0.3) is 0 Å². The normalized spacial score (nSPS) is 4.11. The molecule has 0 aromatic heterocycles. The van der Waals surface area contributed by atoms with Crippen LogP contribution in [0.3, 0.4) is 0 Å². The summed E-state index contributed by atoms with van der Waals surface area (Å²) >= 11 is 0. The smallest absolute Gasteiger partial charge is 0.264 e. The van der Waals surface area contributed by atoms with E-state index in [9.17, 15) is 0 Å². The van der Waals surface area contributed by atoms with Crippen LogP contribution in [0.1, 0.15) is 0 Å². The molecule has 113 heteroatoms. The molecular weight excluding hydrogens is 3690 g/mol. The van der Waals surface area contributed by atoms with E-state index in [1.165, 1.54) is 0 Å². The molecule has 0 radical (unpaired) electrons. The van der Waals surface area contributed by atoms with Crippen LogP contribution in [0, 0.1) is 0 Å². The molecule has 0 amide bonds. The molecule has 16 N–H and O–H groups in total. The third-order valence-corrected chi connectivity index (χ3v) is 0. The molecule has 32 nitrogen and oxygen atoms in total. The van der Waals surface area contributed by atoms with E-state index in [1.54, 1.807) is 0 Å². The minimum absolute atomic E-state index is 0. The number of hydrogen-bond donors (Lipinski definition) is 16. The van der Waals surface area contributed by atoms with Crippen LogP contribution in [-0.2, 0) is 83.2 Å². The van der Waals surface area contributed by atoms with Gasteiger partial charge in [0.1, 0.15) is 0 Å². The van der Waals surface area contributed by atoms with Gasteiger partial charge in [-0.2, -0.15) is 67.3 Å². The fourth-order valence-electron chi connectivity index (χ4n) is 0. The second-order valence-electron chi connectivity index (χ2n) is 3.58. The van der Waals surface area contributed by atoms with Crippen molar-refractivity contribution in [2.24, 2.45) is 0 Å². The third kappa shape index (κ3) is 991. The van der Waals surface area contributed by atoms with Gasteiger partial charge in [0, 0.05) is 0 Å². The van der Waals surface area contributed by atoms with Crippen LogP contribution in [-0.4, -0.2) is 2900 Å². The Bertz CT molecular complexity index is 1160. The van der Waals surface area contributed by atoms with Gasteiger partial charge < -0.3 is 0 Å². The van der Waals surface area contributed by atoms with Gasteiger partial charge in [0.25, 0.3) is 0 Å². The molecule has 0 aliphatic carbocycles. The van der Waals surface area contributed by atoms with Gasteiger partial charge in [-0.15, -0.1) is 0 Å². The Morgan fingerprint density at radius 1 is 0.0619 bits per heavy atom. The van der Waals surface area contributed by atoms with Crippen LogP contribution in [0.15, 0.2) is 0 Å². The topological polar surface area (TPSA) is 597 Å². The van der Waals surface area contributed by atoms with Gasteiger partial charge in [-0.05, 0) is 0 Å². The maximum Gasteiger partial charge on any atom is 2.00 e. The summed E-state index contributed by atoms with van der Waals surface area (Å²) in [5.41, 5.74) is 0. The van der Waals surface area contributed by atoms with Crippen molar-refractivity contribution in [2.45, 2.75) is 0 Å². The average Bonchev–Trinajstić information content (AvgIpc) is 2.16. The molecule has 113 heavy (non-hydrogen) atoms. The van der Waals surface area contributed by atoms with Crippen molar-refractivity contribution in [1.82, 2.24) is 0 Å². The molecule has 0 fully saturated rings. The van der Waals surface area contributed by atoms with E-state index in [-0.39, 0.29) is 2750 Å². The third-order valence-electron chi connectivity index (χ3n) is 0. The monoisotopic (exact) mass is 3700 g/mol. The van der Waals surface area contributed by atoms with E-state index in [0.29, 0.717) is 0 Å². The maximum absolute atomic E-state index is 8.74. The number of rotatable bonds is 0. The van der Waals surface area contributed by atoms with Crippen LogP contribution in [0.2, 0.25) is 0 Å². The van der Waals surface area contributed by atoms with Crippen LogP contribution < -0.4 is 0 Å². The van der Waals surface area contributed by atoms with Gasteiger partial charge in [0.2, 0.25) is 0 Å². The molecule has 0 aliphatic heterocycles. The predicted molar refractivity (Wildman–Crippen MR) is 533 cm³/mol. The van der Waals surface area contributed by atoms with Gasteiger partial charge in [0.15, 0.2) is 0 Å². The molecule has 0 aromatic rings. The summed E-state index contributed by atoms with van der Waals surface area (Å²) in [5.74, 6) is 0. The maximum atomic E-state index is 8.74. The van der Waals surface area contributed by atoms with Gasteiger partial charge in [-0.1, -0.05) is 0 Å². The quantitative estimate of drug-likeness (QED) is 0.0791. The second kappa shape index (κ2) is 429. The minimum Gasteiger partial charge on any atom is -0.264 e. The molecule has 256 valence electrons. The van der Waals surface area contributed by atoms with E-state index in [2.05, 4.69) is 0 Å². The Morgan fingerprint density at radius 3 is 0.0619 bits per heavy atom. The van der Waals surface area contributed by atoms with Gasteiger partial charge in [0.05, 0.1) is 0 Å². The molecular formula is H16Ca73O32S8+146. The first-order valence-corrected chi connectivity index (χ1v) is 16.8. The van der Waals surface area contributed by atoms with E-state index in [1.807, 2.05) is 0 Å². The predicted octanol–water partition coefficient (Wildman–Crippen LogP) is -33.0. The average molecular weight is 3710 g/mol. The zero-order chi connectivity index (χ0) is 36.0. The largest absolute Gasteiger partial charge is 2.00 e. The second-order valence-corrected chi connectivity index (χ2v) is 10.7. The van der Waals surface area contributed by atoms with E-state index in [4.69, 9.17) is 140 Å². The van der Waals surface area contributed by atoms with Crippen molar-refractivity contribution in [3.8, 4) is 0 Å². The SMILES string of the molecule is O=S(=O)(O)O.O=S(=O)(O)O.O=S(=O)(O)O.O=S(=O)(O)O.O=S(=O)(O)O.O=S(=O)(O)O.O=S(=O)(O)O.O=S(=O)(O)O.[Ca+2].[Ca+2].[Ca+2].[Ca+2].[Ca+2].[Ca+2].[Ca+2].[Ca+2].[Ca+2].[Ca+2].[Ca+2].[Ca+2].[Ca+2].[Ca+2].[Ca+2].[Ca+2].[Ca+2].[Ca+2].[Ca+2].[Ca+2].[Ca+2].[Ca+2].[Ca+2].[Ca+2].[Ca+2].[Ca+2].[Ca+2].[Ca+2].[Ca+2].[Ca+2].[Ca+2].[Ca+2].[Ca+2].[Ca+2].[Ca+2].[Ca+2].[Ca+2].[Ca+2].[Ca+2].[Ca+2].[Ca+2].[Ca+2].[Ca+2].[Ca+2].[Ca+2].[Ca+2].[Ca+2].[Ca+2].[Ca+2].[Ca+2].[Ca+2].[Ca+2].[Ca+2].[Ca+2].[Ca+2].[Ca+2].[Ca+2].[Ca+2].[Ca+2].[Ca+2].[Ca+2].[Ca+2].[Ca+2].[Ca+2].[Ca+2].[Ca+2].[Ca+2].[Ca+2].[Ca+2].[Ca+2].[Ca+2].[Ca+2].[Ca+2]. The Kier molecular flexibility index (Phi) is 2110. The summed E-state index contributed by atoms with van der Waals surface area (Å²) in [6.07, 6.45) is 0. The Hall–Kier alpha value is 90.9. The summed E-state index contributed by atoms with van der Waals surface area (Å²) in [4.78, 5) is 0. The molecule has 0 heterocycles. The first-order chi connectivity index (χ1) is 16.0.